The van der Waals surface area contributed by atoms with Gasteiger partial charge in [-0.15, -0.1) is 0 Å². The molecule has 0 aromatic heterocycles. The second kappa shape index (κ2) is 6.13. The Balaban J connectivity index is 2.13. The summed E-state index contributed by atoms with van der Waals surface area (Å²) in [6.45, 7) is 1.99. The third kappa shape index (κ3) is 3.40. The lowest BCUT2D eigenvalue weighted by Gasteiger charge is -2.05. The highest BCUT2D eigenvalue weighted by Crippen LogP contribution is 2.15. The summed E-state index contributed by atoms with van der Waals surface area (Å²) < 4.78 is 0. The van der Waals surface area contributed by atoms with Gasteiger partial charge in [0.1, 0.15) is 5.75 Å². The van der Waals surface area contributed by atoms with Crippen molar-refractivity contribution in [1.82, 2.24) is 5.64 Å². The third-order valence-corrected chi connectivity index (χ3v) is 2.67. The Morgan fingerprint density at radius 1 is 0.947 bits per heavy atom. The molecule has 2 aromatic rings. The molecule has 0 saturated carbocycles. The Morgan fingerprint density at radius 2 is 1.47 bits per heavy atom. The molecule has 0 aliphatic heterocycles. The van der Waals surface area contributed by atoms with Crippen molar-refractivity contribution in [1.29, 1.82) is 0 Å². The third-order valence-electron chi connectivity index (χ3n) is 2.67. The SMILES string of the molecule is CONOc1ccc(C(=O)c2ccc(C)cc2)cc1. The van der Waals surface area contributed by atoms with Crippen LogP contribution < -0.4 is 10.5 Å². The van der Waals surface area contributed by atoms with Gasteiger partial charge in [-0.05, 0) is 36.8 Å². The molecule has 0 bridgehead atoms. The highest BCUT2D eigenvalue weighted by atomic mass is 16.9. The average Bonchev–Trinajstić information content (AvgIpc) is 2.46. The first kappa shape index (κ1) is 13.3. The number of rotatable bonds is 5. The van der Waals surface area contributed by atoms with Crippen LogP contribution >= 0.6 is 0 Å². The molecule has 4 heteroatoms. The van der Waals surface area contributed by atoms with E-state index in [1.165, 1.54) is 7.11 Å². The smallest absolute Gasteiger partial charge is 0.193 e. The summed E-state index contributed by atoms with van der Waals surface area (Å²) in [5.41, 5.74) is 4.69. The lowest BCUT2D eigenvalue weighted by molar-refractivity contribution is -0.0796. The van der Waals surface area contributed by atoms with Crippen LogP contribution in [0.1, 0.15) is 21.5 Å². The number of carbonyl (C=O) groups is 1. The number of aryl methyl sites for hydroxylation is 1. The zero-order valence-corrected chi connectivity index (χ0v) is 10.8. The van der Waals surface area contributed by atoms with Crippen molar-refractivity contribution in [3.05, 3.63) is 65.2 Å². The highest BCUT2D eigenvalue weighted by molar-refractivity contribution is 6.09. The Kier molecular flexibility index (Phi) is 4.28. The Hall–Kier alpha value is -2.17. The van der Waals surface area contributed by atoms with Gasteiger partial charge in [0, 0.05) is 11.1 Å². The number of hydrogen-bond acceptors (Lipinski definition) is 4. The van der Waals surface area contributed by atoms with E-state index in [0.717, 1.165) is 5.56 Å². The van der Waals surface area contributed by atoms with Crippen LogP contribution in [0.15, 0.2) is 48.5 Å². The minimum absolute atomic E-state index is 0.00810. The van der Waals surface area contributed by atoms with Gasteiger partial charge in [0.05, 0.1) is 7.11 Å². The summed E-state index contributed by atoms with van der Waals surface area (Å²) in [4.78, 5) is 21.8. The van der Waals surface area contributed by atoms with E-state index in [4.69, 9.17) is 4.84 Å². The van der Waals surface area contributed by atoms with Crippen LogP contribution in [0.2, 0.25) is 0 Å². The normalized spacial score (nSPS) is 10.2. The molecule has 0 aliphatic carbocycles. The molecule has 1 N–H and O–H groups in total. The van der Waals surface area contributed by atoms with Gasteiger partial charge in [0.2, 0.25) is 0 Å². The largest absolute Gasteiger partial charge is 0.383 e. The molecule has 2 aromatic carbocycles. The second-order valence-corrected chi connectivity index (χ2v) is 4.11. The molecule has 2 rings (SSSR count). The van der Waals surface area contributed by atoms with Crippen molar-refractivity contribution < 1.29 is 14.5 Å². The van der Waals surface area contributed by atoms with Crippen LogP contribution in [0.5, 0.6) is 5.75 Å². The highest BCUT2D eigenvalue weighted by Gasteiger charge is 2.08. The van der Waals surface area contributed by atoms with Gasteiger partial charge in [-0.2, -0.15) is 0 Å². The number of benzene rings is 2. The Labute approximate surface area is 111 Å². The maximum absolute atomic E-state index is 12.2. The molecule has 4 nitrogen and oxygen atoms in total. The average molecular weight is 257 g/mol. The molecule has 0 heterocycles. The summed E-state index contributed by atoms with van der Waals surface area (Å²) in [6.07, 6.45) is 0. The number of carbonyl (C=O) groups excluding carboxylic acids is 1. The van der Waals surface area contributed by atoms with Crippen molar-refractivity contribution in [2.45, 2.75) is 6.92 Å². The molecule has 0 fully saturated rings. The van der Waals surface area contributed by atoms with Crippen LogP contribution in [0.4, 0.5) is 0 Å². The fourth-order valence-corrected chi connectivity index (χ4v) is 1.64. The van der Waals surface area contributed by atoms with Crippen LogP contribution in [0.25, 0.3) is 0 Å². The van der Waals surface area contributed by atoms with Gasteiger partial charge in [-0.3, -0.25) is 9.63 Å². The summed E-state index contributed by atoms with van der Waals surface area (Å²) in [6, 6.07) is 14.3. The van der Waals surface area contributed by atoms with Gasteiger partial charge in [-0.25, -0.2) is 0 Å². The van der Waals surface area contributed by atoms with Crippen LogP contribution in [-0.2, 0) is 4.84 Å². The van der Waals surface area contributed by atoms with E-state index < -0.39 is 0 Å². The van der Waals surface area contributed by atoms with E-state index in [2.05, 4.69) is 10.5 Å². The first-order valence-electron chi connectivity index (χ1n) is 5.87. The zero-order valence-electron chi connectivity index (χ0n) is 10.8. The fourth-order valence-electron chi connectivity index (χ4n) is 1.64. The van der Waals surface area contributed by atoms with Crippen molar-refractivity contribution >= 4 is 5.78 Å². The summed E-state index contributed by atoms with van der Waals surface area (Å²) >= 11 is 0. The standard InChI is InChI=1S/C15H15NO3/c1-11-3-5-12(6-4-11)15(17)13-7-9-14(10-8-13)19-16-18-2/h3-10,16H,1-2H3. The van der Waals surface area contributed by atoms with Crippen LogP contribution in [-0.4, -0.2) is 12.9 Å². The minimum atomic E-state index is -0.00810. The molecule has 19 heavy (non-hydrogen) atoms. The lowest BCUT2D eigenvalue weighted by atomic mass is 10.0. The van der Waals surface area contributed by atoms with Gasteiger partial charge in [-0.1, -0.05) is 29.8 Å². The first-order chi connectivity index (χ1) is 9.20. The molecule has 0 aliphatic rings. The predicted octanol–water partition coefficient (Wildman–Crippen LogP) is 2.67. The molecular formula is C15H15NO3. The minimum Gasteiger partial charge on any atom is -0.383 e. The topological polar surface area (TPSA) is 47.6 Å². The van der Waals surface area contributed by atoms with Crippen LogP contribution in [0, 0.1) is 6.92 Å². The van der Waals surface area contributed by atoms with Gasteiger partial charge < -0.3 is 4.84 Å². The number of nitrogens with one attached hydrogen (secondary N) is 1. The van der Waals surface area contributed by atoms with Gasteiger partial charge in [0.25, 0.3) is 0 Å². The van der Waals surface area contributed by atoms with E-state index in [-0.39, 0.29) is 5.78 Å². The van der Waals surface area contributed by atoms with Gasteiger partial charge in [0.15, 0.2) is 5.78 Å². The molecule has 0 spiro atoms. The van der Waals surface area contributed by atoms with Crippen molar-refractivity contribution in [2.24, 2.45) is 0 Å². The Morgan fingerprint density at radius 3 is 2.00 bits per heavy atom. The van der Waals surface area contributed by atoms with Crippen molar-refractivity contribution in [2.75, 3.05) is 7.11 Å². The molecular weight excluding hydrogens is 242 g/mol. The summed E-state index contributed by atoms with van der Waals surface area (Å²) in [5, 5.41) is 0. The maximum atomic E-state index is 12.2. The lowest BCUT2D eigenvalue weighted by Crippen LogP contribution is -2.16. The fraction of sp³-hybridized carbons (Fsp3) is 0.133. The van der Waals surface area contributed by atoms with E-state index in [0.29, 0.717) is 16.9 Å². The predicted molar refractivity (Wildman–Crippen MR) is 71.8 cm³/mol. The summed E-state index contributed by atoms with van der Waals surface area (Å²) in [5.74, 6) is 0.563. The quantitative estimate of drug-likeness (QED) is 0.661. The first-order valence-corrected chi connectivity index (χ1v) is 5.87. The van der Waals surface area contributed by atoms with Crippen molar-refractivity contribution in [3.63, 3.8) is 0 Å². The van der Waals surface area contributed by atoms with E-state index in [1.54, 1.807) is 24.3 Å². The van der Waals surface area contributed by atoms with Gasteiger partial charge >= 0.3 is 0 Å². The summed E-state index contributed by atoms with van der Waals surface area (Å²) in [7, 11) is 1.45. The molecule has 0 atom stereocenters. The number of ketones is 1. The van der Waals surface area contributed by atoms with Crippen LogP contribution in [0.3, 0.4) is 0 Å². The number of hydrogen-bond donors (Lipinski definition) is 1. The zero-order chi connectivity index (χ0) is 13.7. The Bertz CT molecular complexity index is 547. The molecule has 0 saturated heterocycles. The van der Waals surface area contributed by atoms with Crippen molar-refractivity contribution in [3.8, 4) is 5.75 Å². The van der Waals surface area contributed by atoms with E-state index in [9.17, 15) is 4.79 Å². The monoisotopic (exact) mass is 257 g/mol. The van der Waals surface area contributed by atoms with E-state index in [1.807, 2.05) is 31.2 Å². The second-order valence-electron chi connectivity index (χ2n) is 4.11. The molecule has 98 valence electrons. The molecule has 0 radical (unpaired) electrons. The van der Waals surface area contributed by atoms with E-state index >= 15 is 0 Å². The maximum Gasteiger partial charge on any atom is 0.193 e. The molecule has 0 unspecified atom stereocenters. The molecule has 0 amide bonds.